The summed E-state index contributed by atoms with van der Waals surface area (Å²) in [5.41, 5.74) is 1.88. The highest BCUT2D eigenvalue weighted by molar-refractivity contribution is 7.98. The Morgan fingerprint density at radius 1 is 1.25 bits per heavy atom. The Bertz CT molecular complexity index is 1330. The van der Waals surface area contributed by atoms with Crippen LogP contribution in [-0.2, 0) is 30.6 Å². The number of aromatic amines is 1. The van der Waals surface area contributed by atoms with Crippen molar-refractivity contribution in [3.8, 4) is 6.07 Å². The first kappa shape index (κ1) is 29.1. The molecule has 0 aliphatic heterocycles. The van der Waals surface area contributed by atoms with E-state index in [1.807, 2.05) is 13.0 Å². The maximum Gasteiger partial charge on any atom is 0.264 e. The monoisotopic (exact) mass is 556 g/mol. The van der Waals surface area contributed by atoms with Crippen molar-refractivity contribution < 1.29 is 21.6 Å². The number of guanidine groups is 1. The maximum atomic E-state index is 12.9. The second-order valence-corrected chi connectivity index (χ2v) is 11.8. The summed E-state index contributed by atoms with van der Waals surface area (Å²) in [5, 5.41) is 19.3. The molecule has 0 radical (unpaired) electrons. The van der Waals surface area contributed by atoms with E-state index in [-0.39, 0.29) is 35.4 Å². The first-order valence-electron chi connectivity index (χ1n) is 10.6. The highest BCUT2D eigenvalue weighted by Gasteiger charge is 2.19. The van der Waals surface area contributed by atoms with Crippen LogP contribution in [0.2, 0.25) is 0 Å². The van der Waals surface area contributed by atoms with Crippen LogP contribution in [0.25, 0.3) is 0 Å². The zero-order chi connectivity index (χ0) is 26.8. The largest absolute Gasteiger partial charge is 0.354 e. The summed E-state index contributed by atoms with van der Waals surface area (Å²) in [4.78, 5) is 22.6. The van der Waals surface area contributed by atoms with Crippen molar-refractivity contribution in [3.05, 3.63) is 42.0 Å². The van der Waals surface area contributed by atoms with E-state index in [1.54, 1.807) is 18.1 Å². The summed E-state index contributed by atoms with van der Waals surface area (Å²) in [6.45, 7) is 3.86. The number of nitrogens with zero attached hydrogens (tertiary/aromatic N) is 3. The van der Waals surface area contributed by atoms with Gasteiger partial charge in [-0.2, -0.15) is 17.0 Å². The van der Waals surface area contributed by atoms with Crippen LogP contribution in [0.1, 0.15) is 18.3 Å². The molecule has 16 heteroatoms. The predicted molar refractivity (Wildman–Crippen MR) is 136 cm³/mol. The number of H-pyrrole nitrogens is 1. The minimum Gasteiger partial charge on any atom is -0.354 e. The molecular formula is C20H28N8O5S3. The van der Waals surface area contributed by atoms with E-state index in [0.29, 0.717) is 11.5 Å². The predicted octanol–water partition coefficient (Wildman–Crippen LogP) is -0.201. The fourth-order valence-corrected chi connectivity index (χ4v) is 5.16. The minimum atomic E-state index is -4.21. The number of carbonyl (C=O) groups is 1. The van der Waals surface area contributed by atoms with Gasteiger partial charge in [0.25, 0.3) is 10.0 Å². The van der Waals surface area contributed by atoms with Crippen molar-refractivity contribution in [2.24, 2.45) is 16.0 Å². The zero-order valence-electron chi connectivity index (χ0n) is 19.7. The van der Waals surface area contributed by atoms with Crippen LogP contribution in [0.5, 0.6) is 0 Å². The van der Waals surface area contributed by atoms with Gasteiger partial charge in [-0.05, 0) is 32.0 Å². The van der Waals surface area contributed by atoms with Gasteiger partial charge in [0.2, 0.25) is 21.9 Å². The maximum absolute atomic E-state index is 12.9. The molecule has 2 aromatic rings. The SMILES string of the molecule is Cc1[nH]cnc1CSCCN=C(NCCNC(=O)C(C)C#N)NS(=O)(=O)c1cccc(S(N)(=O)=O)c1. The number of benzene rings is 1. The van der Waals surface area contributed by atoms with E-state index in [2.05, 4.69) is 30.3 Å². The molecule has 0 saturated heterocycles. The number of carbonyl (C=O) groups excluding carboxylic acids is 1. The first-order chi connectivity index (χ1) is 16.9. The number of aromatic nitrogens is 2. The standard InChI is InChI=1S/C20H28N8O5S3/c1-14(11-21)19(29)23-6-7-24-20(25-8-9-34-12-18-15(2)26-13-27-18)28-36(32,33)17-5-3-4-16(10-17)35(22,30)31/h3-5,10,13-14H,6-9,12H2,1-2H3,(H,23,29)(H,26,27)(H2,22,30,31)(H2,24,25,28). The molecule has 1 unspecified atom stereocenters. The summed E-state index contributed by atoms with van der Waals surface area (Å²) in [5.74, 6) is -0.143. The molecule has 0 fully saturated rings. The van der Waals surface area contributed by atoms with Crippen molar-refractivity contribution in [2.75, 3.05) is 25.4 Å². The van der Waals surface area contributed by atoms with Gasteiger partial charge in [0.05, 0.1) is 34.4 Å². The van der Waals surface area contributed by atoms with Crippen LogP contribution in [0, 0.1) is 24.2 Å². The molecule has 2 rings (SSSR count). The van der Waals surface area contributed by atoms with Gasteiger partial charge in [-0.25, -0.2) is 31.7 Å². The summed E-state index contributed by atoms with van der Waals surface area (Å²) < 4.78 is 51.3. The summed E-state index contributed by atoms with van der Waals surface area (Å²) in [6.07, 6.45) is 1.61. The topological polar surface area (TPSA) is 212 Å². The highest BCUT2D eigenvalue weighted by atomic mass is 32.2. The Balaban J connectivity index is 2.07. The van der Waals surface area contributed by atoms with Crippen LogP contribution in [0.15, 0.2) is 45.4 Å². The van der Waals surface area contributed by atoms with Crippen molar-refractivity contribution in [2.45, 2.75) is 29.4 Å². The minimum absolute atomic E-state index is 0.0878. The normalized spacial score (nSPS) is 13.0. The quantitative estimate of drug-likeness (QED) is 0.133. The average molecular weight is 557 g/mol. The number of aryl methyl sites for hydroxylation is 1. The Morgan fingerprint density at radius 3 is 2.58 bits per heavy atom. The van der Waals surface area contributed by atoms with Gasteiger partial charge in [-0.3, -0.25) is 9.79 Å². The lowest BCUT2D eigenvalue weighted by Gasteiger charge is -2.14. The Hall–Kier alpha value is -3.13. The van der Waals surface area contributed by atoms with Gasteiger partial charge in [0, 0.05) is 30.3 Å². The highest BCUT2D eigenvalue weighted by Crippen LogP contribution is 2.15. The number of rotatable bonds is 12. The lowest BCUT2D eigenvalue weighted by molar-refractivity contribution is -0.122. The van der Waals surface area contributed by atoms with Gasteiger partial charge in [0.15, 0.2) is 0 Å². The van der Waals surface area contributed by atoms with Crippen molar-refractivity contribution in [1.82, 2.24) is 25.3 Å². The molecule has 1 aromatic heterocycles. The summed E-state index contributed by atoms with van der Waals surface area (Å²) >= 11 is 1.56. The molecule has 0 aliphatic carbocycles. The van der Waals surface area contributed by atoms with E-state index in [1.165, 1.54) is 25.1 Å². The van der Waals surface area contributed by atoms with Crippen LogP contribution < -0.4 is 20.5 Å². The number of thioether (sulfide) groups is 1. The molecule has 1 aromatic carbocycles. The molecule has 13 nitrogen and oxygen atoms in total. The second-order valence-electron chi connectivity index (χ2n) is 7.45. The molecular weight excluding hydrogens is 528 g/mol. The lowest BCUT2D eigenvalue weighted by atomic mass is 10.2. The molecule has 1 atom stereocenters. The van der Waals surface area contributed by atoms with Gasteiger partial charge in [-0.15, -0.1) is 0 Å². The third kappa shape index (κ3) is 9.15. The molecule has 0 saturated carbocycles. The number of amides is 1. The van der Waals surface area contributed by atoms with Gasteiger partial charge in [-0.1, -0.05) is 6.07 Å². The Kier molecular flexibility index (Phi) is 10.7. The molecule has 0 aliphatic rings. The van der Waals surface area contributed by atoms with Crippen LogP contribution in [-0.4, -0.2) is 64.1 Å². The first-order valence-corrected chi connectivity index (χ1v) is 14.8. The number of nitrogens with one attached hydrogen (secondary N) is 4. The van der Waals surface area contributed by atoms with E-state index < -0.39 is 31.9 Å². The Labute approximate surface area is 214 Å². The summed E-state index contributed by atoms with van der Waals surface area (Å²) in [6, 6.07) is 6.44. The van der Waals surface area contributed by atoms with Gasteiger partial charge in [0.1, 0.15) is 5.92 Å². The second kappa shape index (κ2) is 13.3. The number of hydrogen-bond acceptors (Lipinski definition) is 9. The van der Waals surface area contributed by atoms with Crippen molar-refractivity contribution in [1.29, 1.82) is 5.26 Å². The van der Waals surface area contributed by atoms with E-state index in [4.69, 9.17) is 10.4 Å². The third-order valence-electron chi connectivity index (χ3n) is 4.66. The van der Waals surface area contributed by atoms with Crippen LogP contribution in [0.3, 0.4) is 0 Å². The average Bonchev–Trinajstić information content (AvgIpc) is 3.24. The van der Waals surface area contributed by atoms with E-state index >= 15 is 0 Å². The number of aliphatic imine (C=N–C) groups is 1. The lowest BCUT2D eigenvalue weighted by Crippen LogP contribution is -2.44. The molecule has 1 heterocycles. The number of primary sulfonamides is 1. The number of nitriles is 1. The number of nitrogens with two attached hydrogens (primary N) is 1. The Morgan fingerprint density at radius 2 is 1.94 bits per heavy atom. The molecule has 1 amide bonds. The fraction of sp³-hybridized carbons (Fsp3) is 0.400. The molecule has 36 heavy (non-hydrogen) atoms. The summed E-state index contributed by atoms with van der Waals surface area (Å²) in [7, 11) is -8.31. The fourth-order valence-electron chi connectivity index (χ4n) is 2.63. The number of imidazole rings is 1. The van der Waals surface area contributed by atoms with Gasteiger partial charge >= 0.3 is 0 Å². The van der Waals surface area contributed by atoms with E-state index in [9.17, 15) is 21.6 Å². The van der Waals surface area contributed by atoms with Crippen molar-refractivity contribution >= 4 is 43.7 Å². The van der Waals surface area contributed by atoms with Gasteiger partial charge < -0.3 is 15.6 Å². The number of sulfonamides is 2. The van der Waals surface area contributed by atoms with E-state index in [0.717, 1.165) is 17.5 Å². The molecule has 6 N–H and O–H groups in total. The number of hydrogen-bond donors (Lipinski definition) is 5. The third-order valence-corrected chi connectivity index (χ3v) is 7.85. The molecule has 0 spiro atoms. The molecule has 196 valence electrons. The molecule has 0 bridgehead atoms. The van der Waals surface area contributed by atoms with Crippen LogP contribution >= 0.6 is 11.8 Å². The van der Waals surface area contributed by atoms with Crippen molar-refractivity contribution in [3.63, 3.8) is 0 Å². The van der Waals surface area contributed by atoms with Crippen LogP contribution in [0.4, 0.5) is 0 Å². The smallest absolute Gasteiger partial charge is 0.264 e. The zero-order valence-corrected chi connectivity index (χ0v) is 22.1.